The Kier molecular flexibility index (Phi) is 6.26. The quantitative estimate of drug-likeness (QED) is 0.512. The third-order valence-electron chi connectivity index (χ3n) is 6.41. The second kappa shape index (κ2) is 9.64. The molecular weight excluding hydrogens is 424 g/mol. The maximum absolute atomic E-state index is 5.96. The van der Waals surface area contributed by atoms with Crippen LogP contribution in [-0.2, 0) is 33.2 Å². The zero-order chi connectivity index (χ0) is 22.0. The van der Waals surface area contributed by atoms with Crippen LogP contribution in [-0.4, -0.2) is 63.1 Å². The van der Waals surface area contributed by atoms with Crippen molar-refractivity contribution in [1.29, 1.82) is 0 Å². The third-order valence-corrected chi connectivity index (χ3v) is 6.41. The molecule has 8 atom stereocenters. The van der Waals surface area contributed by atoms with Crippen molar-refractivity contribution < 1.29 is 33.2 Å². The molecule has 0 spiro atoms. The van der Waals surface area contributed by atoms with Crippen LogP contribution in [0.1, 0.15) is 23.7 Å². The summed E-state index contributed by atoms with van der Waals surface area (Å²) in [4.78, 5) is 0. The van der Waals surface area contributed by atoms with E-state index in [9.17, 15) is 0 Å². The fourth-order valence-corrected chi connectivity index (χ4v) is 4.57. The van der Waals surface area contributed by atoms with Crippen LogP contribution in [0.15, 0.2) is 72.8 Å². The Morgan fingerprint density at radius 2 is 1.15 bits per heavy atom. The van der Waals surface area contributed by atoms with Crippen molar-refractivity contribution in [3.05, 3.63) is 83.9 Å². The minimum Gasteiger partial charge on any atom is -0.370 e. The van der Waals surface area contributed by atoms with Gasteiger partial charge in [-0.05, 0) is 0 Å². The lowest BCUT2D eigenvalue weighted by Gasteiger charge is -2.37. The van der Waals surface area contributed by atoms with Crippen molar-refractivity contribution in [3.8, 4) is 0 Å². The summed E-state index contributed by atoms with van der Waals surface area (Å²) in [6.07, 6.45) is 4.07. The minimum absolute atomic E-state index is 0.0210. The molecule has 174 valence electrons. The molecule has 0 bridgehead atoms. The van der Waals surface area contributed by atoms with Gasteiger partial charge in [-0.1, -0.05) is 72.8 Å². The van der Waals surface area contributed by atoms with Gasteiger partial charge >= 0.3 is 0 Å². The Balaban J connectivity index is 0.000000125. The molecule has 7 rings (SSSR count). The Bertz CT molecular complexity index is 936. The van der Waals surface area contributed by atoms with Crippen LogP contribution in [0.3, 0.4) is 0 Å². The van der Waals surface area contributed by atoms with Gasteiger partial charge in [-0.15, -0.1) is 0 Å². The second-order valence-electron chi connectivity index (χ2n) is 8.66. The molecular formula is C26H28O7. The Morgan fingerprint density at radius 1 is 0.545 bits per heavy atom. The van der Waals surface area contributed by atoms with E-state index in [1.165, 1.54) is 0 Å². The number of benzene rings is 2. The molecule has 5 aliphatic rings. The molecule has 5 aliphatic heterocycles. The highest BCUT2D eigenvalue weighted by Gasteiger charge is 2.55. The molecule has 0 aromatic heterocycles. The van der Waals surface area contributed by atoms with E-state index in [-0.39, 0.29) is 49.2 Å². The molecule has 7 nitrogen and oxygen atoms in total. The molecule has 0 N–H and O–H groups in total. The highest BCUT2D eigenvalue weighted by Crippen LogP contribution is 2.40. The van der Waals surface area contributed by atoms with Crippen LogP contribution in [0.5, 0.6) is 0 Å². The predicted molar refractivity (Wildman–Crippen MR) is 117 cm³/mol. The van der Waals surface area contributed by atoms with Crippen LogP contribution in [0.2, 0.25) is 0 Å². The number of ether oxygens (including phenoxy) is 7. The predicted octanol–water partition coefficient (Wildman–Crippen LogP) is 3.32. The number of fused-ring (bicyclic) bond motifs is 4. The molecule has 4 fully saturated rings. The van der Waals surface area contributed by atoms with Crippen LogP contribution in [0.25, 0.3) is 0 Å². The van der Waals surface area contributed by atoms with Crippen molar-refractivity contribution in [2.45, 2.75) is 49.2 Å². The molecule has 0 saturated carbocycles. The van der Waals surface area contributed by atoms with E-state index in [2.05, 4.69) is 6.08 Å². The molecule has 2 aromatic rings. The molecule has 0 radical (unpaired) electrons. The zero-order valence-electron chi connectivity index (χ0n) is 18.2. The summed E-state index contributed by atoms with van der Waals surface area (Å²) in [6, 6.07) is 20.0. The van der Waals surface area contributed by atoms with E-state index in [4.69, 9.17) is 33.2 Å². The number of hydrogen-bond donors (Lipinski definition) is 0. The average molecular weight is 453 g/mol. The molecule has 0 amide bonds. The van der Waals surface area contributed by atoms with Gasteiger partial charge in [0.1, 0.15) is 36.6 Å². The van der Waals surface area contributed by atoms with E-state index >= 15 is 0 Å². The molecule has 7 heteroatoms. The Labute approximate surface area is 193 Å². The lowest BCUT2D eigenvalue weighted by atomic mass is 10.0. The first kappa shape index (κ1) is 21.4. The van der Waals surface area contributed by atoms with Gasteiger partial charge in [-0.3, -0.25) is 0 Å². The van der Waals surface area contributed by atoms with Crippen molar-refractivity contribution >= 4 is 0 Å². The lowest BCUT2D eigenvalue weighted by Crippen LogP contribution is -2.49. The van der Waals surface area contributed by atoms with Gasteiger partial charge in [-0.25, -0.2) is 0 Å². The SMILES string of the molecule is C1=C[C@@H]2OC(c3ccccc3)OC[C@H]2OC1.c1ccc(C2OC[C@H]3OC[C@@H]4O[C@@H]4[C@@H]3O2)cc1. The summed E-state index contributed by atoms with van der Waals surface area (Å²) >= 11 is 0. The monoisotopic (exact) mass is 452 g/mol. The van der Waals surface area contributed by atoms with Crippen molar-refractivity contribution in [1.82, 2.24) is 0 Å². The minimum atomic E-state index is -0.288. The maximum atomic E-state index is 5.96. The van der Waals surface area contributed by atoms with Crippen LogP contribution in [0.4, 0.5) is 0 Å². The van der Waals surface area contributed by atoms with Crippen LogP contribution >= 0.6 is 0 Å². The topological polar surface area (TPSA) is 67.9 Å². The van der Waals surface area contributed by atoms with Crippen molar-refractivity contribution in [2.75, 3.05) is 26.4 Å². The summed E-state index contributed by atoms with van der Waals surface area (Å²) in [7, 11) is 0. The van der Waals surface area contributed by atoms with E-state index in [0.29, 0.717) is 26.4 Å². The van der Waals surface area contributed by atoms with E-state index in [1.54, 1.807) is 0 Å². The fraction of sp³-hybridized carbons (Fsp3) is 0.462. The van der Waals surface area contributed by atoms with Gasteiger partial charge in [0.2, 0.25) is 0 Å². The molecule has 2 unspecified atom stereocenters. The van der Waals surface area contributed by atoms with Crippen molar-refractivity contribution in [3.63, 3.8) is 0 Å². The average Bonchev–Trinajstić information content (AvgIpc) is 3.70. The summed E-state index contributed by atoms with van der Waals surface area (Å²) in [5.74, 6) is 0. The van der Waals surface area contributed by atoms with Crippen LogP contribution in [0, 0.1) is 0 Å². The van der Waals surface area contributed by atoms with Gasteiger partial charge in [-0.2, -0.15) is 0 Å². The molecule has 4 saturated heterocycles. The zero-order valence-corrected chi connectivity index (χ0v) is 18.2. The first-order valence-electron chi connectivity index (χ1n) is 11.5. The summed E-state index contributed by atoms with van der Waals surface area (Å²) < 4.78 is 39.9. The van der Waals surface area contributed by atoms with E-state index < -0.39 is 0 Å². The standard InChI is InChI=1S/C13H14O4.C13H14O3/c1-2-4-8(5-3-1)13-15-6-9-11(17-13)12-10(16-12)7-14-9;1-2-5-10(6-3-1)13-15-9-12-11(16-13)7-4-8-14-12/h1-5,9-13H,6-7H2;1-7,11-13H,8-9H2/t9-,10+,11-,12+,13?;11-,12+,13?/m10/s1. The van der Waals surface area contributed by atoms with Gasteiger partial charge in [0.05, 0.1) is 26.4 Å². The van der Waals surface area contributed by atoms with Gasteiger partial charge in [0, 0.05) is 11.1 Å². The molecule has 2 aromatic carbocycles. The smallest absolute Gasteiger partial charge is 0.184 e. The fourth-order valence-electron chi connectivity index (χ4n) is 4.57. The number of hydrogen-bond acceptors (Lipinski definition) is 7. The highest BCUT2D eigenvalue weighted by atomic mass is 16.7. The first-order valence-corrected chi connectivity index (χ1v) is 11.5. The van der Waals surface area contributed by atoms with Gasteiger partial charge in [0.15, 0.2) is 12.6 Å². The van der Waals surface area contributed by atoms with E-state index in [0.717, 1.165) is 11.1 Å². The Morgan fingerprint density at radius 3 is 1.88 bits per heavy atom. The highest BCUT2D eigenvalue weighted by molar-refractivity contribution is 5.18. The third kappa shape index (κ3) is 4.76. The number of epoxide rings is 1. The summed E-state index contributed by atoms with van der Waals surface area (Å²) in [6.45, 7) is 2.50. The molecule has 5 heterocycles. The maximum Gasteiger partial charge on any atom is 0.184 e. The van der Waals surface area contributed by atoms with Gasteiger partial charge < -0.3 is 33.2 Å². The normalized spacial score (nSPS) is 38.7. The first-order chi connectivity index (χ1) is 16.3. The summed E-state index contributed by atoms with van der Waals surface area (Å²) in [5, 5.41) is 0. The lowest BCUT2D eigenvalue weighted by molar-refractivity contribution is -0.273. The van der Waals surface area contributed by atoms with E-state index in [1.807, 2.05) is 66.7 Å². The van der Waals surface area contributed by atoms with Gasteiger partial charge in [0.25, 0.3) is 0 Å². The molecule has 33 heavy (non-hydrogen) atoms. The Hall–Kier alpha value is -2.10. The van der Waals surface area contributed by atoms with Crippen LogP contribution < -0.4 is 0 Å². The largest absolute Gasteiger partial charge is 0.370 e. The second-order valence-corrected chi connectivity index (χ2v) is 8.66. The summed E-state index contributed by atoms with van der Waals surface area (Å²) in [5.41, 5.74) is 2.11. The number of rotatable bonds is 2. The molecule has 0 aliphatic carbocycles. The van der Waals surface area contributed by atoms with Crippen molar-refractivity contribution in [2.24, 2.45) is 0 Å².